The first-order valence-electron chi connectivity index (χ1n) is 11.0. The van der Waals surface area contributed by atoms with Crippen LogP contribution in [0.3, 0.4) is 0 Å². The largest absolute Gasteiger partial charge is 0.332 e. The van der Waals surface area contributed by atoms with Crippen LogP contribution >= 0.6 is 11.8 Å². The van der Waals surface area contributed by atoms with E-state index in [1.807, 2.05) is 48.5 Å². The average molecular weight is 474 g/mol. The molecule has 0 atom stereocenters. The maximum atomic E-state index is 13.2. The molecule has 5 rings (SSSR count). The molecule has 2 aromatic heterocycles. The number of anilines is 1. The lowest BCUT2D eigenvalue weighted by molar-refractivity contribution is -0.116. The predicted octanol–water partition coefficient (Wildman–Crippen LogP) is 2.77. The fraction of sp³-hybridized carbons (Fsp3) is 0.240. The Morgan fingerprint density at radius 3 is 2.50 bits per heavy atom. The molecular weight excluding hydrogens is 450 g/mol. The van der Waals surface area contributed by atoms with E-state index in [4.69, 9.17) is 0 Å². The van der Waals surface area contributed by atoms with Crippen LogP contribution in [0.1, 0.15) is 12.0 Å². The number of para-hydroxylation sites is 1. The normalized spacial score (nSPS) is 13.2. The number of aryl methyl sites for hydroxylation is 2. The molecule has 0 radical (unpaired) electrons. The molecule has 2 aromatic carbocycles. The maximum Gasteiger partial charge on any atom is 0.332 e. The monoisotopic (exact) mass is 473 g/mol. The number of thioether (sulfide) groups is 1. The highest BCUT2D eigenvalue weighted by Gasteiger charge is 2.24. The van der Waals surface area contributed by atoms with Gasteiger partial charge < -0.3 is 4.90 Å². The quantitative estimate of drug-likeness (QED) is 0.334. The second-order valence-corrected chi connectivity index (χ2v) is 9.15. The highest BCUT2D eigenvalue weighted by atomic mass is 32.2. The van der Waals surface area contributed by atoms with Crippen molar-refractivity contribution in [2.45, 2.75) is 17.9 Å². The van der Waals surface area contributed by atoms with Gasteiger partial charge in [-0.05, 0) is 24.5 Å². The summed E-state index contributed by atoms with van der Waals surface area (Å²) in [4.78, 5) is 49.8. The number of hydrogen-bond acceptors (Lipinski definition) is 6. The lowest BCUT2D eigenvalue weighted by Crippen LogP contribution is -2.38. The number of aromatic nitrogens is 4. The minimum Gasteiger partial charge on any atom is -0.311 e. The van der Waals surface area contributed by atoms with Crippen LogP contribution in [0.25, 0.3) is 22.4 Å². The number of hydrogen-bond donors (Lipinski definition) is 0. The summed E-state index contributed by atoms with van der Waals surface area (Å²) in [7, 11) is 3.01. The number of carbonyl (C=O) groups excluding carboxylic acids is 1. The molecule has 0 N–H and O–H groups in total. The molecule has 0 bridgehead atoms. The summed E-state index contributed by atoms with van der Waals surface area (Å²) in [6.07, 6.45) is 1.86. The van der Waals surface area contributed by atoms with Crippen LogP contribution in [0.4, 0.5) is 5.69 Å². The van der Waals surface area contributed by atoms with E-state index in [2.05, 4.69) is 16.0 Å². The van der Waals surface area contributed by atoms with Gasteiger partial charge >= 0.3 is 5.69 Å². The zero-order valence-electron chi connectivity index (χ0n) is 18.9. The Morgan fingerprint density at radius 2 is 1.71 bits per heavy atom. The number of fused-ring (bicyclic) bond motifs is 2. The van der Waals surface area contributed by atoms with Crippen LogP contribution in [-0.2, 0) is 25.3 Å². The molecule has 172 valence electrons. The van der Waals surface area contributed by atoms with Crippen molar-refractivity contribution < 1.29 is 4.79 Å². The highest BCUT2D eigenvalue weighted by Crippen LogP contribution is 2.30. The molecule has 1 aliphatic heterocycles. The summed E-state index contributed by atoms with van der Waals surface area (Å²) in [5.74, 6) is 0.460. The minimum atomic E-state index is -0.476. The summed E-state index contributed by atoms with van der Waals surface area (Å²) in [5, 5.41) is 0.625. The van der Waals surface area contributed by atoms with Crippen LogP contribution < -0.4 is 16.1 Å². The first-order chi connectivity index (χ1) is 16.5. The summed E-state index contributed by atoms with van der Waals surface area (Å²) in [6.45, 7) is 0.659. The third kappa shape index (κ3) is 3.81. The van der Waals surface area contributed by atoms with Gasteiger partial charge in [0.2, 0.25) is 5.91 Å². The highest BCUT2D eigenvalue weighted by molar-refractivity contribution is 8.00. The minimum absolute atomic E-state index is 0.0492. The molecule has 8 nitrogen and oxygen atoms in total. The lowest BCUT2D eigenvalue weighted by Gasteiger charge is -2.29. The van der Waals surface area contributed by atoms with Crippen LogP contribution in [0.15, 0.2) is 69.2 Å². The molecule has 4 aromatic rings. The van der Waals surface area contributed by atoms with Crippen molar-refractivity contribution in [2.75, 3.05) is 17.2 Å². The van der Waals surface area contributed by atoms with E-state index in [-0.39, 0.29) is 22.7 Å². The van der Waals surface area contributed by atoms with Crippen molar-refractivity contribution >= 4 is 34.4 Å². The molecule has 0 spiro atoms. The molecule has 1 aliphatic rings. The summed E-state index contributed by atoms with van der Waals surface area (Å²) >= 11 is 1.20. The Kier molecular flexibility index (Phi) is 5.79. The van der Waals surface area contributed by atoms with E-state index in [9.17, 15) is 14.4 Å². The lowest BCUT2D eigenvalue weighted by atomic mass is 10.0. The fourth-order valence-corrected chi connectivity index (χ4v) is 5.14. The van der Waals surface area contributed by atoms with Crippen molar-refractivity contribution in [1.29, 1.82) is 0 Å². The predicted molar refractivity (Wildman–Crippen MR) is 133 cm³/mol. The molecule has 9 heteroatoms. The average Bonchev–Trinajstić information content (AvgIpc) is 2.88. The van der Waals surface area contributed by atoms with Crippen molar-refractivity contribution in [1.82, 2.24) is 19.1 Å². The Morgan fingerprint density at radius 1 is 0.971 bits per heavy atom. The third-order valence-electron chi connectivity index (χ3n) is 6.04. The van der Waals surface area contributed by atoms with Gasteiger partial charge in [-0.25, -0.2) is 14.8 Å². The second-order valence-electron chi connectivity index (χ2n) is 8.19. The van der Waals surface area contributed by atoms with Gasteiger partial charge in [0.1, 0.15) is 10.4 Å². The molecule has 0 fully saturated rings. The summed E-state index contributed by atoms with van der Waals surface area (Å²) < 4.78 is 2.39. The Labute approximate surface area is 199 Å². The van der Waals surface area contributed by atoms with Gasteiger partial charge in [-0.15, -0.1) is 0 Å². The Balaban J connectivity index is 1.57. The molecule has 0 saturated heterocycles. The van der Waals surface area contributed by atoms with Gasteiger partial charge in [-0.2, -0.15) is 0 Å². The Bertz CT molecular complexity index is 1530. The van der Waals surface area contributed by atoms with E-state index >= 15 is 0 Å². The first kappa shape index (κ1) is 22.1. The number of nitrogens with zero attached hydrogens (tertiary/aromatic N) is 5. The van der Waals surface area contributed by atoms with E-state index in [1.54, 1.807) is 11.9 Å². The molecule has 0 saturated carbocycles. The van der Waals surface area contributed by atoms with Gasteiger partial charge in [-0.1, -0.05) is 60.3 Å². The molecule has 1 amide bonds. The van der Waals surface area contributed by atoms with E-state index in [0.29, 0.717) is 17.4 Å². The second kappa shape index (κ2) is 8.90. The molecule has 34 heavy (non-hydrogen) atoms. The van der Waals surface area contributed by atoms with E-state index < -0.39 is 11.2 Å². The van der Waals surface area contributed by atoms with E-state index in [1.165, 1.54) is 23.4 Å². The van der Waals surface area contributed by atoms with Crippen LogP contribution in [0, 0.1) is 0 Å². The van der Waals surface area contributed by atoms with Crippen molar-refractivity contribution in [3.05, 3.63) is 81.0 Å². The number of carbonyl (C=O) groups is 1. The number of amides is 1. The maximum absolute atomic E-state index is 13.2. The third-order valence-corrected chi connectivity index (χ3v) is 7.00. The van der Waals surface area contributed by atoms with Crippen molar-refractivity contribution in [2.24, 2.45) is 14.1 Å². The van der Waals surface area contributed by atoms with Crippen LogP contribution in [0.5, 0.6) is 0 Å². The van der Waals surface area contributed by atoms with Gasteiger partial charge in [0.05, 0.1) is 5.75 Å². The van der Waals surface area contributed by atoms with E-state index in [0.717, 1.165) is 34.2 Å². The van der Waals surface area contributed by atoms with Crippen LogP contribution in [0.2, 0.25) is 0 Å². The Hall–Kier alpha value is -3.72. The van der Waals surface area contributed by atoms with Gasteiger partial charge in [0, 0.05) is 31.9 Å². The SMILES string of the molecule is Cn1c(=O)c2c(SCC(=O)N3CCCc4ccccc43)nc(-c3ccccc3)nc2n(C)c1=O. The summed E-state index contributed by atoms with van der Waals surface area (Å²) in [6, 6.07) is 17.3. The molecular formula is C25H23N5O3S. The van der Waals surface area contributed by atoms with Gasteiger partial charge in [0.25, 0.3) is 5.56 Å². The van der Waals surface area contributed by atoms with Crippen LogP contribution in [-0.4, -0.2) is 37.3 Å². The smallest absolute Gasteiger partial charge is 0.311 e. The topological polar surface area (TPSA) is 90.1 Å². The fourth-order valence-electron chi connectivity index (χ4n) is 4.25. The standard InChI is InChI=1S/C25H23N5O3S/c1-28-22-20(24(32)29(2)25(28)33)23(27-21(26-22)17-10-4-3-5-11-17)34-15-19(31)30-14-8-12-16-9-6-7-13-18(16)30/h3-7,9-11,13H,8,12,14-15H2,1-2H3. The van der Waals surface area contributed by atoms with Gasteiger partial charge in [0.15, 0.2) is 11.5 Å². The zero-order chi connectivity index (χ0) is 23.8. The first-order valence-corrected chi connectivity index (χ1v) is 12.0. The molecule has 0 aliphatic carbocycles. The van der Waals surface area contributed by atoms with Crippen molar-refractivity contribution in [3.8, 4) is 11.4 Å². The molecule has 0 unspecified atom stereocenters. The van der Waals surface area contributed by atoms with Crippen molar-refractivity contribution in [3.63, 3.8) is 0 Å². The number of benzene rings is 2. The molecule has 3 heterocycles. The zero-order valence-corrected chi connectivity index (χ0v) is 19.7. The number of rotatable bonds is 4. The van der Waals surface area contributed by atoms with Gasteiger partial charge in [-0.3, -0.25) is 18.7 Å². The summed E-state index contributed by atoms with van der Waals surface area (Å²) in [5.41, 5.74) is 2.17.